The van der Waals surface area contributed by atoms with E-state index in [0.717, 1.165) is 32.5 Å². The summed E-state index contributed by atoms with van der Waals surface area (Å²) in [5.74, 6) is 0.901. The highest BCUT2D eigenvalue weighted by atomic mass is 16.5. The number of rotatable bonds is 6. The van der Waals surface area contributed by atoms with E-state index >= 15 is 0 Å². The average molecular weight is 363 g/mol. The van der Waals surface area contributed by atoms with E-state index in [2.05, 4.69) is 10.2 Å². The highest BCUT2D eigenvalue weighted by Gasteiger charge is 2.31. The maximum atomic E-state index is 11.8. The lowest BCUT2D eigenvalue weighted by atomic mass is 9.84. The number of amides is 1. The zero-order valence-electron chi connectivity index (χ0n) is 16.8. The molecule has 1 aromatic carbocycles. The lowest BCUT2D eigenvalue weighted by Crippen LogP contribution is -2.44. The van der Waals surface area contributed by atoms with E-state index in [0.29, 0.717) is 11.7 Å². The molecule has 0 spiro atoms. The fourth-order valence-corrected chi connectivity index (χ4v) is 3.33. The molecule has 5 heteroatoms. The molecule has 1 aromatic rings. The molecule has 1 aliphatic heterocycles. The molecule has 1 atom stereocenters. The number of benzene rings is 1. The summed E-state index contributed by atoms with van der Waals surface area (Å²) in [6.45, 7) is 12.5. The summed E-state index contributed by atoms with van der Waals surface area (Å²) < 4.78 is 5.56. The number of piperidine rings is 1. The largest absolute Gasteiger partial charge is 0.484 e. The van der Waals surface area contributed by atoms with Gasteiger partial charge in [-0.2, -0.15) is 0 Å². The van der Waals surface area contributed by atoms with Gasteiger partial charge < -0.3 is 15.2 Å². The Labute approximate surface area is 157 Å². The smallest absolute Gasteiger partial charge is 0.258 e. The van der Waals surface area contributed by atoms with Crippen molar-refractivity contribution in [1.29, 1.82) is 0 Å². The van der Waals surface area contributed by atoms with Gasteiger partial charge in [-0.15, -0.1) is 0 Å². The number of likely N-dealkylation sites (tertiary alicyclic amines) is 1. The Morgan fingerprint density at radius 1 is 1.23 bits per heavy atom. The standard InChI is InChI=1S/C21H34N2O3/c1-20(2,3)22-19(24)15-26-18-10-8-16(9-11-18)13-23-12-6-7-17(14-23)21(4,5)25/h8-11,17,25H,6-7,12-15H2,1-5H3,(H,22,24)/t17-/m0/s1. The van der Waals surface area contributed by atoms with E-state index in [1.807, 2.05) is 58.9 Å². The number of aliphatic hydroxyl groups is 1. The van der Waals surface area contributed by atoms with Gasteiger partial charge in [0.15, 0.2) is 6.61 Å². The molecule has 0 aromatic heterocycles. The van der Waals surface area contributed by atoms with Crippen molar-refractivity contribution in [2.24, 2.45) is 5.92 Å². The van der Waals surface area contributed by atoms with Crippen LogP contribution in [0.3, 0.4) is 0 Å². The minimum absolute atomic E-state index is 0.0238. The zero-order chi connectivity index (χ0) is 19.4. The highest BCUT2D eigenvalue weighted by Crippen LogP contribution is 2.27. The molecule has 0 aliphatic carbocycles. The van der Waals surface area contributed by atoms with Gasteiger partial charge in [0.1, 0.15) is 5.75 Å². The zero-order valence-corrected chi connectivity index (χ0v) is 16.8. The van der Waals surface area contributed by atoms with Crippen LogP contribution in [0.2, 0.25) is 0 Å². The monoisotopic (exact) mass is 362 g/mol. The van der Waals surface area contributed by atoms with Crippen LogP contribution < -0.4 is 10.1 Å². The van der Waals surface area contributed by atoms with Crippen molar-refractivity contribution in [2.45, 2.75) is 65.1 Å². The quantitative estimate of drug-likeness (QED) is 0.817. The van der Waals surface area contributed by atoms with Crippen molar-refractivity contribution >= 4 is 5.91 Å². The van der Waals surface area contributed by atoms with Gasteiger partial charge in [0, 0.05) is 18.6 Å². The maximum Gasteiger partial charge on any atom is 0.258 e. The van der Waals surface area contributed by atoms with Crippen molar-refractivity contribution < 1.29 is 14.6 Å². The van der Waals surface area contributed by atoms with E-state index in [-0.39, 0.29) is 18.1 Å². The van der Waals surface area contributed by atoms with Gasteiger partial charge in [0.05, 0.1) is 5.60 Å². The average Bonchev–Trinajstić information content (AvgIpc) is 2.52. The third kappa shape index (κ3) is 6.96. The Morgan fingerprint density at radius 2 is 1.88 bits per heavy atom. The summed E-state index contributed by atoms with van der Waals surface area (Å²) in [6.07, 6.45) is 2.21. The molecule has 1 saturated heterocycles. The maximum absolute atomic E-state index is 11.8. The van der Waals surface area contributed by atoms with Crippen LogP contribution in [-0.4, -0.2) is 46.7 Å². The van der Waals surface area contributed by atoms with E-state index in [1.54, 1.807) is 0 Å². The topological polar surface area (TPSA) is 61.8 Å². The van der Waals surface area contributed by atoms with Crippen molar-refractivity contribution in [3.63, 3.8) is 0 Å². The van der Waals surface area contributed by atoms with Gasteiger partial charge in [-0.3, -0.25) is 9.69 Å². The molecule has 0 unspecified atom stereocenters. The lowest BCUT2D eigenvalue weighted by molar-refractivity contribution is -0.124. The summed E-state index contributed by atoms with van der Waals surface area (Å²) in [4.78, 5) is 14.2. The number of hydrogen-bond donors (Lipinski definition) is 2. The van der Waals surface area contributed by atoms with E-state index in [1.165, 1.54) is 5.56 Å². The molecule has 2 rings (SSSR count). The van der Waals surface area contributed by atoms with Gasteiger partial charge >= 0.3 is 0 Å². The van der Waals surface area contributed by atoms with Crippen molar-refractivity contribution in [2.75, 3.05) is 19.7 Å². The van der Waals surface area contributed by atoms with E-state index < -0.39 is 5.60 Å². The minimum Gasteiger partial charge on any atom is -0.484 e. The number of hydrogen-bond acceptors (Lipinski definition) is 4. The van der Waals surface area contributed by atoms with Crippen molar-refractivity contribution in [3.05, 3.63) is 29.8 Å². The Hall–Kier alpha value is -1.59. The molecule has 1 heterocycles. The predicted octanol–water partition coefficient (Wildman–Crippen LogP) is 2.96. The summed E-state index contributed by atoms with van der Waals surface area (Å²) >= 11 is 0. The summed E-state index contributed by atoms with van der Waals surface area (Å²) in [7, 11) is 0. The second-order valence-corrected chi connectivity index (χ2v) is 8.96. The first-order valence-electron chi connectivity index (χ1n) is 9.50. The first-order chi connectivity index (χ1) is 12.0. The molecule has 1 fully saturated rings. The van der Waals surface area contributed by atoms with Crippen LogP contribution in [0.5, 0.6) is 5.75 Å². The SMILES string of the molecule is CC(C)(C)NC(=O)COc1ccc(CN2CCC[C@H](C(C)(C)O)C2)cc1. The molecule has 5 nitrogen and oxygen atoms in total. The van der Waals surface area contributed by atoms with Crippen LogP contribution in [0.1, 0.15) is 53.0 Å². The van der Waals surface area contributed by atoms with Crippen molar-refractivity contribution in [1.82, 2.24) is 10.2 Å². The third-order valence-corrected chi connectivity index (χ3v) is 4.72. The van der Waals surface area contributed by atoms with Gasteiger partial charge in [-0.1, -0.05) is 12.1 Å². The number of carbonyl (C=O) groups excluding carboxylic acids is 1. The molecule has 26 heavy (non-hydrogen) atoms. The fourth-order valence-electron chi connectivity index (χ4n) is 3.33. The van der Waals surface area contributed by atoms with Gasteiger partial charge in [-0.25, -0.2) is 0 Å². The molecule has 1 amide bonds. The Morgan fingerprint density at radius 3 is 2.46 bits per heavy atom. The van der Waals surface area contributed by atoms with Crippen LogP contribution in [-0.2, 0) is 11.3 Å². The van der Waals surface area contributed by atoms with Crippen LogP contribution in [0.4, 0.5) is 0 Å². The number of ether oxygens (including phenoxy) is 1. The normalized spacial score (nSPS) is 19.2. The summed E-state index contributed by atoms with van der Waals surface area (Å²) in [6, 6.07) is 7.92. The molecular weight excluding hydrogens is 328 g/mol. The summed E-state index contributed by atoms with van der Waals surface area (Å²) in [5, 5.41) is 13.1. The van der Waals surface area contributed by atoms with E-state index in [9.17, 15) is 9.90 Å². The van der Waals surface area contributed by atoms with Crippen LogP contribution in [0.25, 0.3) is 0 Å². The fraction of sp³-hybridized carbons (Fsp3) is 0.667. The van der Waals surface area contributed by atoms with Crippen LogP contribution >= 0.6 is 0 Å². The molecular formula is C21H34N2O3. The second-order valence-electron chi connectivity index (χ2n) is 8.96. The van der Waals surface area contributed by atoms with Crippen LogP contribution in [0, 0.1) is 5.92 Å². The molecule has 146 valence electrons. The summed E-state index contributed by atoms with van der Waals surface area (Å²) in [5.41, 5.74) is 0.344. The van der Waals surface area contributed by atoms with Gasteiger partial charge in [0.2, 0.25) is 0 Å². The second kappa shape index (κ2) is 8.40. The first kappa shape index (κ1) is 20.7. The molecule has 0 bridgehead atoms. The Bertz CT molecular complexity index is 585. The number of nitrogens with one attached hydrogen (secondary N) is 1. The van der Waals surface area contributed by atoms with Gasteiger partial charge in [-0.05, 0) is 77.6 Å². The Kier molecular flexibility index (Phi) is 6.69. The first-order valence-corrected chi connectivity index (χ1v) is 9.50. The van der Waals surface area contributed by atoms with Gasteiger partial charge in [0.25, 0.3) is 5.91 Å². The molecule has 2 N–H and O–H groups in total. The predicted molar refractivity (Wildman–Crippen MR) is 104 cm³/mol. The molecule has 0 saturated carbocycles. The molecule has 0 radical (unpaired) electrons. The van der Waals surface area contributed by atoms with Crippen LogP contribution in [0.15, 0.2) is 24.3 Å². The lowest BCUT2D eigenvalue weighted by Gasteiger charge is -2.38. The molecule has 1 aliphatic rings. The number of carbonyl (C=O) groups is 1. The highest BCUT2D eigenvalue weighted by molar-refractivity contribution is 5.78. The van der Waals surface area contributed by atoms with Crippen molar-refractivity contribution in [3.8, 4) is 5.75 Å². The number of nitrogens with zero attached hydrogens (tertiary/aromatic N) is 1. The third-order valence-electron chi connectivity index (χ3n) is 4.72. The minimum atomic E-state index is -0.621. The Balaban J connectivity index is 1.83. The van der Waals surface area contributed by atoms with E-state index in [4.69, 9.17) is 4.74 Å².